The lowest BCUT2D eigenvalue weighted by Gasteiger charge is -2.63. The Balaban J connectivity index is 0.751. The van der Waals surface area contributed by atoms with Gasteiger partial charge in [-0.3, -0.25) is 24.8 Å². The number of amides is 4. The number of carbonyl (C=O) groups excluding carboxylic acids is 3. The van der Waals surface area contributed by atoms with Crippen molar-refractivity contribution in [2.24, 2.45) is 16.7 Å². The smallest absolute Gasteiger partial charge is 0.329 e. The summed E-state index contributed by atoms with van der Waals surface area (Å²) in [4.78, 5) is 57.9. The fraction of sp³-hybridized carbons (Fsp3) is 0.457. The first-order valence-corrected chi connectivity index (χ1v) is 21.2. The molecule has 60 heavy (non-hydrogen) atoms. The van der Waals surface area contributed by atoms with Crippen LogP contribution in [0.1, 0.15) is 81.8 Å². The van der Waals surface area contributed by atoms with Gasteiger partial charge in [0.25, 0.3) is 5.91 Å². The van der Waals surface area contributed by atoms with Crippen molar-refractivity contribution in [2.45, 2.75) is 78.0 Å². The lowest BCUT2D eigenvalue weighted by Crippen LogP contribution is -2.74. The molecule has 1 aliphatic carbocycles. The van der Waals surface area contributed by atoms with E-state index < -0.39 is 6.03 Å². The summed E-state index contributed by atoms with van der Waals surface area (Å²) >= 11 is 0. The lowest BCUT2D eigenvalue weighted by molar-refractivity contribution is -0.163. The van der Waals surface area contributed by atoms with Gasteiger partial charge in [-0.05, 0) is 86.2 Å². The first-order valence-electron chi connectivity index (χ1n) is 21.2. The number of carbonyl (C=O) groups is 3. The first kappa shape index (κ1) is 39.4. The second-order valence-corrected chi connectivity index (χ2v) is 18.1. The van der Waals surface area contributed by atoms with Gasteiger partial charge in [-0.25, -0.2) is 14.8 Å². The van der Waals surface area contributed by atoms with Crippen molar-refractivity contribution in [1.29, 1.82) is 5.26 Å². The van der Waals surface area contributed by atoms with Crippen LogP contribution in [0.15, 0.2) is 73.3 Å². The van der Waals surface area contributed by atoms with Gasteiger partial charge in [0.15, 0.2) is 0 Å². The molecule has 2 aromatic carbocycles. The van der Waals surface area contributed by atoms with Crippen LogP contribution >= 0.6 is 0 Å². The van der Waals surface area contributed by atoms with Crippen LogP contribution in [0.4, 0.5) is 16.3 Å². The second kappa shape index (κ2) is 15.5. The van der Waals surface area contributed by atoms with Gasteiger partial charge >= 0.3 is 6.03 Å². The summed E-state index contributed by atoms with van der Waals surface area (Å²) in [6.07, 6.45) is 9.64. The highest BCUT2D eigenvalue weighted by atomic mass is 16.5. The molecular formula is C46H52N10O4. The number of fused-ring (bicyclic) bond motifs is 2. The number of piperidine rings is 2. The molecule has 14 nitrogen and oxygen atoms in total. The fourth-order valence-electron chi connectivity index (χ4n) is 10.7. The molecule has 6 heterocycles. The van der Waals surface area contributed by atoms with Crippen LogP contribution in [0.3, 0.4) is 0 Å². The Bertz CT molecular complexity index is 2480. The molecule has 5 aromatic rings. The maximum atomic E-state index is 13.7. The van der Waals surface area contributed by atoms with Crippen molar-refractivity contribution in [3.05, 3.63) is 84.4 Å². The number of anilines is 2. The van der Waals surface area contributed by atoms with Crippen LogP contribution in [0.2, 0.25) is 0 Å². The van der Waals surface area contributed by atoms with E-state index in [0.717, 1.165) is 80.5 Å². The predicted molar refractivity (Wildman–Crippen MR) is 229 cm³/mol. The highest BCUT2D eigenvalue weighted by molar-refractivity contribution is 6.08. The molecule has 0 unspecified atom stereocenters. The van der Waals surface area contributed by atoms with Crippen molar-refractivity contribution in [1.82, 2.24) is 35.1 Å². The molecule has 3 saturated heterocycles. The van der Waals surface area contributed by atoms with Gasteiger partial charge in [-0.15, -0.1) is 0 Å². The van der Waals surface area contributed by atoms with Gasteiger partial charge in [0.1, 0.15) is 35.7 Å². The standard InChI is InChI=1S/C46H52N10O4/c1-45(2)42(46(3,4)43(45)60-36-12-9-31(26-47)38-34(36)6-5-19-48-38)52-41(58)30-7-10-32(11-8-30)54-22-13-29(14-23-54)27-53-20-15-33(16-21-53)55-24-17-35-39(55)49-28-50-40(35)56-25-18-37(57)51-44(56)59/h5-12,17,19,24,28-29,33,42-43H,13-16,18,20-23,25,27H2,1-4H3,(H,52,58)(H,51,57,59). The van der Waals surface area contributed by atoms with E-state index in [-0.39, 0.29) is 41.2 Å². The van der Waals surface area contributed by atoms with E-state index in [4.69, 9.17) is 4.74 Å². The summed E-state index contributed by atoms with van der Waals surface area (Å²) in [6.45, 7) is 14.0. The topological polar surface area (TPSA) is 162 Å². The fourth-order valence-corrected chi connectivity index (χ4v) is 10.7. The van der Waals surface area contributed by atoms with Crippen LogP contribution < -0.4 is 25.2 Å². The average Bonchev–Trinajstić information content (AvgIpc) is 3.70. The number of nitriles is 1. The highest BCUT2D eigenvalue weighted by Gasteiger charge is 2.64. The minimum Gasteiger partial charge on any atom is -0.488 e. The highest BCUT2D eigenvalue weighted by Crippen LogP contribution is 2.56. The van der Waals surface area contributed by atoms with Crippen LogP contribution in [-0.2, 0) is 4.79 Å². The number of hydrogen-bond donors (Lipinski definition) is 2. The van der Waals surface area contributed by atoms with Gasteiger partial charge in [0.2, 0.25) is 5.91 Å². The van der Waals surface area contributed by atoms with Gasteiger partial charge in [0.05, 0.1) is 16.5 Å². The number of nitrogens with one attached hydrogen (secondary N) is 2. The van der Waals surface area contributed by atoms with Gasteiger partial charge < -0.3 is 24.4 Å². The minimum atomic E-state index is -0.439. The summed E-state index contributed by atoms with van der Waals surface area (Å²) in [7, 11) is 0. The Hall–Kier alpha value is -6.07. The molecule has 3 aliphatic heterocycles. The van der Waals surface area contributed by atoms with Crippen molar-refractivity contribution < 1.29 is 19.1 Å². The number of pyridine rings is 1. The first-order chi connectivity index (χ1) is 28.9. The Morgan fingerprint density at radius 1 is 0.900 bits per heavy atom. The van der Waals surface area contributed by atoms with E-state index in [9.17, 15) is 19.6 Å². The third-order valence-corrected chi connectivity index (χ3v) is 13.6. The van der Waals surface area contributed by atoms with E-state index >= 15 is 0 Å². The number of urea groups is 1. The van der Waals surface area contributed by atoms with Crippen LogP contribution in [-0.4, -0.2) is 93.7 Å². The molecule has 4 aliphatic rings. The number of nitrogens with zero attached hydrogens (tertiary/aromatic N) is 8. The number of imide groups is 1. The maximum Gasteiger partial charge on any atom is 0.329 e. The van der Waals surface area contributed by atoms with Crippen LogP contribution in [0.5, 0.6) is 5.75 Å². The average molecular weight is 809 g/mol. The van der Waals surface area contributed by atoms with Gasteiger partial charge in [0, 0.05) is 97.6 Å². The molecule has 0 radical (unpaired) electrons. The number of hydrogen-bond acceptors (Lipinski definition) is 10. The third kappa shape index (κ3) is 7.08. The normalized spacial score (nSPS) is 22.3. The lowest BCUT2D eigenvalue weighted by atomic mass is 9.49. The number of ether oxygens (including phenoxy) is 1. The third-order valence-electron chi connectivity index (χ3n) is 13.6. The van der Waals surface area contributed by atoms with Crippen LogP contribution in [0, 0.1) is 28.1 Å². The summed E-state index contributed by atoms with van der Waals surface area (Å²) in [6, 6.07) is 19.4. The number of benzene rings is 2. The second-order valence-electron chi connectivity index (χ2n) is 18.1. The molecule has 0 bridgehead atoms. The van der Waals surface area contributed by atoms with E-state index in [0.29, 0.717) is 46.7 Å². The summed E-state index contributed by atoms with van der Waals surface area (Å²) in [5.74, 6) is 1.52. The Labute approximate surface area is 349 Å². The zero-order valence-electron chi connectivity index (χ0n) is 34.7. The predicted octanol–water partition coefficient (Wildman–Crippen LogP) is 6.46. The summed E-state index contributed by atoms with van der Waals surface area (Å²) < 4.78 is 8.90. The monoisotopic (exact) mass is 808 g/mol. The molecule has 310 valence electrons. The van der Waals surface area contributed by atoms with Gasteiger partial charge in [-0.2, -0.15) is 5.26 Å². The molecule has 3 aromatic heterocycles. The summed E-state index contributed by atoms with van der Waals surface area (Å²) in [5, 5.41) is 16.9. The SMILES string of the molecule is CC1(C)C(NC(=O)c2ccc(N3CCC(CN4CCC(n5ccc6c(N7CCC(=O)NC7=O)ncnc65)CC4)CC3)cc2)C(C)(C)C1Oc1ccc(C#N)c2ncccc12. The van der Waals surface area contributed by atoms with Crippen molar-refractivity contribution >= 4 is 51.3 Å². The largest absolute Gasteiger partial charge is 0.488 e. The molecule has 4 amide bonds. The van der Waals surface area contributed by atoms with Crippen molar-refractivity contribution in [2.75, 3.05) is 49.1 Å². The quantitative estimate of drug-likeness (QED) is 0.169. The molecular weight excluding hydrogens is 757 g/mol. The molecule has 14 heteroatoms. The summed E-state index contributed by atoms with van der Waals surface area (Å²) in [5.41, 5.74) is 3.06. The Morgan fingerprint density at radius 2 is 1.65 bits per heavy atom. The molecule has 0 atom stereocenters. The van der Waals surface area contributed by atoms with Crippen molar-refractivity contribution in [3.63, 3.8) is 0 Å². The van der Waals surface area contributed by atoms with E-state index in [1.54, 1.807) is 12.3 Å². The molecule has 9 rings (SSSR count). The minimum absolute atomic E-state index is 0.0881. The van der Waals surface area contributed by atoms with E-state index in [2.05, 4.69) is 92.0 Å². The molecule has 2 N–H and O–H groups in total. The van der Waals surface area contributed by atoms with Crippen molar-refractivity contribution in [3.8, 4) is 11.8 Å². The van der Waals surface area contributed by atoms with Crippen LogP contribution in [0.25, 0.3) is 21.9 Å². The Morgan fingerprint density at radius 3 is 2.37 bits per heavy atom. The number of likely N-dealkylation sites (tertiary alicyclic amines) is 1. The van der Waals surface area contributed by atoms with Gasteiger partial charge in [-0.1, -0.05) is 27.7 Å². The number of rotatable bonds is 9. The zero-order chi connectivity index (χ0) is 41.8. The zero-order valence-corrected chi connectivity index (χ0v) is 34.7. The number of aromatic nitrogens is 4. The maximum absolute atomic E-state index is 13.7. The van der Waals surface area contributed by atoms with E-state index in [1.807, 2.05) is 36.4 Å². The molecule has 4 fully saturated rings. The molecule has 1 saturated carbocycles. The Kier molecular flexibility index (Phi) is 10.2. The molecule has 0 spiro atoms. The van der Waals surface area contributed by atoms with E-state index in [1.165, 1.54) is 11.2 Å².